The number of rotatable bonds is 5. The molecule has 0 atom stereocenters. The summed E-state index contributed by atoms with van der Waals surface area (Å²) in [6, 6.07) is 4.89. The maximum Gasteiger partial charge on any atom is 0.0312 e. The average Bonchev–Trinajstić information content (AvgIpc) is 2.70. The monoisotopic (exact) mass is 380 g/mol. The molecule has 3 rings (SSSR count). The third-order valence-corrected chi connectivity index (χ3v) is 6.29. The topological polar surface area (TPSA) is 0 Å². The predicted octanol–water partition coefficient (Wildman–Crippen LogP) is 8.57. The summed E-state index contributed by atoms with van der Waals surface area (Å²) in [5.41, 5.74) is 6.17. The minimum absolute atomic E-state index is 1.05. The highest BCUT2D eigenvalue weighted by atomic mass is 14.2. The van der Waals surface area contributed by atoms with Crippen LogP contribution in [0, 0.1) is 11.8 Å². The van der Waals surface area contributed by atoms with Gasteiger partial charge < -0.3 is 0 Å². The van der Waals surface area contributed by atoms with Crippen molar-refractivity contribution >= 4 is 0 Å². The van der Waals surface area contributed by atoms with Gasteiger partial charge in [-0.05, 0) is 61.6 Å². The lowest BCUT2D eigenvalue weighted by molar-refractivity contribution is 0.549. The van der Waals surface area contributed by atoms with Crippen molar-refractivity contribution in [3.8, 4) is 11.8 Å². The van der Waals surface area contributed by atoms with E-state index in [1.165, 1.54) is 120 Å². The Labute approximate surface area is 175 Å². The van der Waals surface area contributed by atoms with Gasteiger partial charge in [-0.3, -0.25) is 0 Å². The van der Waals surface area contributed by atoms with E-state index in [2.05, 4.69) is 37.8 Å². The minimum atomic E-state index is 1.05. The van der Waals surface area contributed by atoms with Gasteiger partial charge in [-0.15, -0.1) is 0 Å². The quantitative estimate of drug-likeness (QED) is 0.354. The van der Waals surface area contributed by atoms with Crippen molar-refractivity contribution < 1.29 is 0 Å². The SMILES string of the molecule is CCCCC#Cc1c2ccc(c1CCCC)CCCCCCCCCCCC2. The van der Waals surface area contributed by atoms with Crippen LogP contribution in [0.2, 0.25) is 0 Å². The van der Waals surface area contributed by atoms with Gasteiger partial charge in [-0.2, -0.15) is 0 Å². The van der Waals surface area contributed by atoms with Crippen molar-refractivity contribution in [1.82, 2.24) is 0 Å². The zero-order valence-corrected chi connectivity index (χ0v) is 18.9. The molecule has 2 aliphatic carbocycles. The maximum atomic E-state index is 3.67. The van der Waals surface area contributed by atoms with Crippen molar-refractivity contribution in [2.24, 2.45) is 0 Å². The van der Waals surface area contributed by atoms with E-state index in [1.807, 2.05) is 0 Å². The standard InChI is InChI=1S/C28H44/c1-3-5-7-18-22-28-26-20-17-15-13-11-9-8-10-12-14-16-19-25(23-24-26)27(28)21-6-4-2/h23-24H,3-17,19-21H2,1-2H3. The van der Waals surface area contributed by atoms with Crippen LogP contribution in [-0.4, -0.2) is 0 Å². The predicted molar refractivity (Wildman–Crippen MR) is 125 cm³/mol. The number of hydrogen-bond donors (Lipinski definition) is 0. The summed E-state index contributed by atoms with van der Waals surface area (Å²) < 4.78 is 0. The van der Waals surface area contributed by atoms with Gasteiger partial charge in [0.05, 0.1) is 0 Å². The largest absolute Gasteiger partial charge is 0.0979 e. The lowest BCUT2D eigenvalue weighted by Crippen LogP contribution is -2.04. The molecule has 0 spiro atoms. The van der Waals surface area contributed by atoms with Gasteiger partial charge in [0, 0.05) is 12.0 Å². The van der Waals surface area contributed by atoms with E-state index in [0.717, 1.165) is 6.42 Å². The second kappa shape index (κ2) is 14.7. The molecule has 0 fully saturated rings. The smallest absolute Gasteiger partial charge is 0.0312 e. The number of benzene rings is 1. The van der Waals surface area contributed by atoms with Crippen LogP contribution in [0.15, 0.2) is 12.1 Å². The Morgan fingerprint density at radius 3 is 1.82 bits per heavy atom. The molecular weight excluding hydrogens is 336 g/mol. The zero-order valence-electron chi connectivity index (χ0n) is 18.9. The Morgan fingerprint density at radius 1 is 0.679 bits per heavy atom. The number of aryl methyl sites for hydroxylation is 2. The molecule has 1 aromatic rings. The van der Waals surface area contributed by atoms with Crippen LogP contribution in [0.1, 0.15) is 132 Å². The van der Waals surface area contributed by atoms with Crippen molar-refractivity contribution in [3.05, 3.63) is 34.4 Å². The fraction of sp³-hybridized carbons (Fsp3) is 0.714. The number of hydrogen-bond acceptors (Lipinski definition) is 0. The van der Waals surface area contributed by atoms with Gasteiger partial charge in [0.25, 0.3) is 0 Å². The van der Waals surface area contributed by atoms with Gasteiger partial charge in [-0.25, -0.2) is 0 Å². The van der Waals surface area contributed by atoms with E-state index >= 15 is 0 Å². The summed E-state index contributed by atoms with van der Waals surface area (Å²) in [7, 11) is 0. The summed E-state index contributed by atoms with van der Waals surface area (Å²) in [6.07, 6.45) is 23.8. The van der Waals surface area contributed by atoms with Crippen LogP contribution in [-0.2, 0) is 19.3 Å². The summed E-state index contributed by atoms with van der Waals surface area (Å²) in [6.45, 7) is 4.57. The van der Waals surface area contributed by atoms with E-state index in [9.17, 15) is 0 Å². The highest BCUT2D eigenvalue weighted by molar-refractivity contribution is 5.51. The van der Waals surface area contributed by atoms with Crippen LogP contribution < -0.4 is 0 Å². The first-order valence-corrected chi connectivity index (χ1v) is 12.5. The van der Waals surface area contributed by atoms with E-state index < -0.39 is 0 Å². The molecule has 0 N–H and O–H groups in total. The molecule has 1 aromatic carbocycles. The molecule has 0 amide bonds. The Morgan fingerprint density at radius 2 is 1.21 bits per heavy atom. The molecule has 0 nitrogen and oxygen atoms in total. The van der Waals surface area contributed by atoms with Crippen LogP contribution in [0.5, 0.6) is 0 Å². The van der Waals surface area contributed by atoms with Gasteiger partial charge in [0.15, 0.2) is 0 Å². The summed E-state index contributed by atoms with van der Waals surface area (Å²) in [4.78, 5) is 0. The fourth-order valence-corrected chi connectivity index (χ4v) is 4.44. The Balaban J connectivity index is 2.27. The normalized spacial score (nSPS) is 16.5. The lowest BCUT2D eigenvalue weighted by Gasteiger charge is -2.17. The third-order valence-electron chi connectivity index (χ3n) is 6.29. The van der Waals surface area contributed by atoms with Crippen LogP contribution in [0.3, 0.4) is 0 Å². The van der Waals surface area contributed by atoms with Crippen LogP contribution in [0.25, 0.3) is 0 Å². The molecule has 0 radical (unpaired) electrons. The van der Waals surface area contributed by atoms with Gasteiger partial charge in [0.1, 0.15) is 0 Å². The van der Waals surface area contributed by atoms with Crippen molar-refractivity contribution in [2.75, 3.05) is 0 Å². The Kier molecular flexibility index (Phi) is 12.1. The fourth-order valence-electron chi connectivity index (χ4n) is 4.44. The third kappa shape index (κ3) is 8.43. The molecule has 0 saturated carbocycles. The molecule has 0 heterocycles. The molecule has 0 aromatic heterocycles. The van der Waals surface area contributed by atoms with Crippen LogP contribution >= 0.6 is 0 Å². The van der Waals surface area contributed by atoms with Crippen LogP contribution in [0.4, 0.5) is 0 Å². The van der Waals surface area contributed by atoms with Gasteiger partial charge in [-0.1, -0.05) is 102 Å². The molecule has 156 valence electrons. The second-order valence-corrected chi connectivity index (χ2v) is 8.78. The molecule has 0 unspecified atom stereocenters. The van der Waals surface area contributed by atoms with E-state index in [4.69, 9.17) is 0 Å². The first-order chi connectivity index (χ1) is 13.9. The van der Waals surface area contributed by atoms with E-state index in [-0.39, 0.29) is 0 Å². The summed E-state index contributed by atoms with van der Waals surface area (Å²) >= 11 is 0. The molecule has 0 heteroatoms. The molecule has 2 aliphatic rings. The Hall–Kier alpha value is -1.22. The minimum Gasteiger partial charge on any atom is -0.0979 e. The zero-order chi connectivity index (χ0) is 19.9. The van der Waals surface area contributed by atoms with Gasteiger partial charge in [0.2, 0.25) is 0 Å². The molecule has 0 saturated heterocycles. The average molecular weight is 381 g/mol. The summed E-state index contributed by atoms with van der Waals surface area (Å²) in [5.74, 6) is 7.19. The Bertz CT molecular complexity index is 598. The highest BCUT2D eigenvalue weighted by Gasteiger charge is 2.12. The maximum absolute atomic E-state index is 3.67. The lowest BCUT2D eigenvalue weighted by atomic mass is 9.88. The summed E-state index contributed by atoms with van der Waals surface area (Å²) in [5, 5.41) is 0. The first-order valence-electron chi connectivity index (χ1n) is 12.5. The van der Waals surface area contributed by atoms with Crippen molar-refractivity contribution in [2.45, 2.75) is 129 Å². The number of unbranched alkanes of at least 4 members (excludes halogenated alkanes) is 3. The van der Waals surface area contributed by atoms with Gasteiger partial charge >= 0.3 is 0 Å². The molecular formula is C28H44. The van der Waals surface area contributed by atoms with E-state index in [0.29, 0.717) is 0 Å². The molecule has 0 aliphatic heterocycles. The van der Waals surface area contributed by atoms with Crippen molar-refractivity contribution in [3.63, 3.8) is 0 Å². The molecule has 28 heavy (non-hydrogen) atoms. The van der Waals surface area contributed by atoms with E-state index in [1.54, 1.807) is 11.1 Å². The highest BCUT2D eigenvalue weighted by Crippen LogP contribution is 2.25. The second-order valence-electron chi connectivity index (χ2n) is 8.78. The first kappa shape index (κ1) is 23.1. The number of fused-ring (bicyclic) bond motifs is 13. The van der Waals surface area contributed by atoms with Crippen molar-refractivity contribution in [1.29, 1.82) is 0 Å². The molecule has 2 bridgehead atoms.